The second-order valence-electron chi connectivity index (χ2n) is 5.03. The van der Waals surface area contributed by atoms with Crippen LogP contribution in [0.15, 0.2) is 18.2 Å². The van der Waals surface area contributed by atoms with Crippen molar-refractivity contribution in [1.29, 1.82) is 0 Å². The third kappa shape index (κ3) is 3.20. The summed E-state index contributed by atoms with van der Waals surface area (Å²) in [6, 6.07) is 5.27. The monoisotopic (exact) mass is 374 g/mol. The van der Waals surface area contributed by atoms with Crippen molar-refractivity contribution in [3.63, 3.8) is 0 Å². The summed E-state index contributed by atoms with van der Waals surface area (Å²) >= 11 is 2.14. The van der Waals surface area contributed by atoms with Gasteiger partial charge >= 0.3 is 0 Å². The van der Waals surface area contributed by atoms with Crippen molar-refractivity contribution in [2.24, 2.45) is 11.7 Å². The van der Waals surface area contributed by atoms with Crippen LogP contribution in [-0.4, -0.2) is 35.0 Å². The average Bonchev–Trinajstić information content (AvgIpc) is 2.41. The topological polar surface area (TPSA) is 66.6 Å². The summed E-state index contributed by atoms with van der Waals surface area (Å²) in [6.07, 6.45) is 1.80. The first kappa shape index (κ1) is 14.6. The minimum atomic E-state index is -0.0960. The second-order valence-corrected chi connectivity index (χ2v) is 6.28. The lowest BCUT2D eigenvalue weighted by atomic mass is 9.90. The molecule has 1 saturated heterocycles. The van der Waals surface area contributed by atoms with E-state index < -0.39 is 0 Å². The first-order valence-electron chi connectivity index (χ1n) is 6.56. The van der Waals surface area contributed by atoms with Crippen molar-refractivity contribution in [3.8, 4) is 5.75 Å². The fourth-order valence-corrected chi connectivity index (χ4v) is 3.01. The first-order chi connectivity index (χ1) is 9.02. The van der Waals surface area contributed by atoms with Crippen molar-refractivity contribution >= 4 is 28.5 Å². The Bertz CT molecular complexity index is 479. The Labute approximate surface area is 127 Å². The number of nitrogens with zero attached hydrogens (tertiary/aromatic N) is 1. The van der Waals surface area contributed by atoms with Gasteiger partial charge in [0.1, 0.15) is 5.75 Å². The number of carbonyl (C=O) groups excluding carboxylic acids is 1. The molecular weight excluding hydrogens is 355 g/mol. The molecule has 19 heavy (non-hydrogen) atoms. The van der Waals surface area contributed by atoms with Crippen molar-refractivity contribution in [3.05, 3.63) is 27.3 Å². The molecule has 1 amide bonds. The summed E-state index contributed by atoms with van der Waals surface area (Å²) in [4.78, 5) is 14.3. The largest absolute Gasteiger partial charge is 0.507 e. The minimum Gasteiger partial charge on any atom is -0.507 e. The molecule has 1 aliphatic heterocycles. The number of hydrogen-bond acceptors (Lipinski definition) is 3. The molecule has 0 bridgehead atoms. The number of benzene rings is 1. The van der Waals surface area contributed by atoms with Crippen LogP contribution in [0.25, 0.3) is 0 Å². The van der Waals surface area contributed by atoms with Crippen LogP contribution < -0.4 is 5.73 Å². The smallest absolute Gasteiger partial charge is 0.257 e. The summed E-state index contributed by atoms with van der Waals surface area (Å²) in [6.45, 7) is 3.45. The van der Waals surface area contributed by atoms with E-state index in [0.29, 0.717) is 24.6 Å². The van der Waals surface area contributed by atoms with Crippen LogP contribution in [0.5, 0.6) is 5.75 Å². The van der Waals surface area contributed by atoms with Crippen LogP contribution in [0.4, 0.5) is 0 Å². The molecule has 0 aliphatic carbocycles. The van der Waals surface area contributed by atoms with E-state index in [-0.39, 0.29) is 17.7 Å². The van der Waals surface area contributed by atoms with Crippen LogP contribution in [-0.2, 0) is 0 Å². The number of hydrogen-bond donors (Lipinski definition) is 2. The number of amides is 1. The molecule has 4 nitrogen and oxygen atoms in total. The van der Waals surface area contributed by atoms with E-state index in [2.05, 4.69) is 29.5 Å². The highest BCUT2D eigenvalue weighted by Crippen LogP contribution is 2.25. The number of rotatable bonds is 2. The molecule has 1 heterocycles. The Hall–Kier alpha value is -0.820. The van der Waals surface area contributed by atoms with Crippen LogP contribution in [0.3, 0.4) is 0 Å². The Balaban J connectivity index is 2.18. The molecule has 2 unspecified atom stereocenters. The molecule has 3 N–H and O–H groups in total. The van der Waals surface area contributed by atoms with Gasteiger partial charge in [-0.3, -0.25) is 4.79 Å². The fraction of sp³-hybridized carbons (Fsp3) is 0.500. The zero-order valence-electron chi connectivity index (χ0n) is 11.0. The molecule has 1 aromatic rings. The van der Waals surface area contributed by atoms with Gasteiger partial charge in [0.2, 0.25) is 0 Å². The standard InChI is InChI=1S/C14H19IN2O2/c1-2-9-8-17(6-5-12(9)16)14(19)11-7-10(15)3-4-13(11)18/h3-4,7,9,12,18H,2,5-6,8,16H2,1H3. The van der Waals surface area contributed by atoms with Crippen LogP contribution in [0.2, 0.25) is 0 Å². The summed E-state index contributed by atoms with van der Waals surface area (Å²) in [5.41, 5.74) is 6.44. The van der Waals surface area contributed by atoms with Gasteiger partial charge in [-0.25, -0.2) is 0 Å². The molecule has 1 fully saturated rings. The number of carbonyl (C=O) groups is 1. The van der Waals surface area contributed by atoms with Gasteiger partial charge in [0.05, 0.1) is 5.56 Å². The molecule has 0 spiro atoms. The number of halogens is 1. The highest BCUT2D eigenvalue weighted by atomic mass is 127. The maximum absolute atomic E-state index is 12.5. The summed E-state index contributed by atoms with van der Waals surface area (Å²) < 4.78 is 0.944. The van der Waals surface area contributed by atoms with E-state index in [1.54, 1.807) is 18.2 Å². The summed E-state index contributed by atoms with van der Waals surface area (Å²) in [5.74, 6) is 0.303. The molecule has 0 saturated carbocycles. The van der Waals surface area contributed by atoms with E-state index >= 15 is 0 Å². The van der Waals surface area contributed by atoms with Gasteiger partial charge in [0.15, 0.2) is 0 Å². The zero-order chi connectivity index (χ0) is 14.0. The van der Waals surface area contributed by atoms with Gasteiger partial charge < -0.3 is 15.7 Å². The van der Waals surface area contributed by atoms with Crippen molar-refractivity contribution in [2.45, 2.75) is 25.8 Å². The quantitative estimate of drug-likeness (QED) is 0.780. The summed E-state index contributed by atoms with van der Waals surface area (Å²) in [5, 5.41) is 9.84. The Morgan fingerprint density at radius 1 is 1.58 bits per heavy atom. The molecule has 5 heteroatoms. The lowest BCUT2D eigenvalue weighted by Crippen LogP contribution is -2.49. The molecule has 1 aromatic carbocycles. The molecule has 1 aliphatic rings. The van der Waals surface area contributed by atoms with Crippen LogP contribution in [0.1, 0.15) is 30.1 Å². The van der Waals surface area contributed by atoms with Gasteiger partial charge in [-0.15, -0.1) is 0 Å². The minimum absolute atomic E-state index is 0.0494. The van der Waals surface area contributed by atoms with Gasteiger partial charge in [0, 0.05) is 22.7 Å². The Morgan fingerprint density at radius 3 is 3.00 bits per heavy atom. The maximum Gasteiger partial charge on any atom is 0.257 e. The van der Waals surface area contributed by atoms with E-state index in [0.717, 1.165) is 16.4 Å². The molecule has 2 rings (SSSR count). The van der Waals surface area contributed by atoms with E-state index in [1.807, 2.05) is 4.90 Å². The third-order valence-corrected chi connectivity index (χ3v) is 4.46. The van der Waals surface area contributed by atoms with Gasteiger partial charge in [-0.1, -0.05) is 13.3 Å². The molecule has 104 valence electrons. The first-order valence-corrected chi connectivity index (χ1v) is 7.64. The van der Waals surface area contributed by atoms with E-state index in [1.165, 1.54) is 0 Å². The van der Waals surface area contributed by atoms with Crippen molar-refractivity contribution in [1.82, 2.24) is 4.90 Å². The summed E-state index contributed by atoms with van der Waals surface area (Å²) in [7, 11) is 0. The van der Waals surface area contributed by atoms with Crippen LogP contribution in [0, 0.1) is 9.49 Å². The predicted octanol–water partition coefficient (Wildman–Crippen LogP) is 2.20. The van der Waals surface area contributed by atoms with E-state index in [4.69, 9.17) is 5.73 Å². The lowest BCUT2D eigenvalue weighted by molar-refractivity contribution is 0.0646. The van der Waals surface area contributed by atoms with Gasteiger partial charge in [-0.2, -0.15) is 0 Å². The van der Waals surface area contributed by atoms with Crippen molar-refractivity contribution in [2.75, 3.05) is 13.1 Å². The second kappa shape index (κ2) is 6.09. The highest BCUT2D eigenvalue weighted by Gasteiger charge is 2.29. The van der Waals surface area contributed by atoms with Gasteiger partial charge in [0.25, 0.3) is 5.91 Å². The predicted molar refractivity (Wildman–Crippen MR) is 83.1 cm³/mol. The number of phenols is 1. The average molecular weight is 374 g/mol. The maximum atomic E-state index is 12.5. The number of aromatic hydroxyl groups is 1. The van der Waals surface area contributed by atoms with Gasteiger partial charge in [-0.05, 0) is 53.1 Å². The number of piperidine rings is 1. The molecule has 0 aromatic heterocycles. The Kier molecular flexibility index (Phi) is 4.67. The third-order valence-electron chi connectivity index (χ3n) is 3.79. The highest BCUT2D eigenvalue weighted by molar-refractivity contribution is 14.1. The molecular formula is C14H19IN2O2. The Morgan fingerprint density at radius 2 is 2.32 bits per heavy atom. The number of nitrogens with two attached hydrogens (primary N) is 1. The van der Waals surface area contributed by atoms with Crippen molar-refractivity contribution < 1.29 is 9.90 Å². The normalized spacial score (nSPS) is 23.4. The lowest BCUT2D eigenvalue weighted by Gasteiger charge is -2.36. The zero-order valence-corrected chi connectivity index (χ0v) is 13.1. The molecule has 0 radical (unpaired) electrons. The number of phenolic OH excluding ortho intramolecular Hbond substituents is 1. The SMILES string of the molecule is CCC1CN(C(=O)c2cc(I)ccc2O)CCC1N. The number of likely N-dealkylation sites (tertiary alicyclic amines) is 1. The van der Waals surface area contributed by atoms with Crippen LogP contribution >= 0.6 is 22.6 Å². The fourth-order valence-electron chi connectivity index (χ4n) is 2.52. The molecule has 2 atom stereocenters. The van der Waals surface area contributed by atoms with E-state index in [9.17, 15) is 9.90 Å².